The number of likely N-dealkylation sites (N-methyl/N-ethyl adjacent to an activating group) is 1. The molecular formula is C15H28N2O. The highest BCUT2D eigenvalue weighted by molar-refractivity contribution is 5.07. The molecule has 0 aromatic heterocycles. The molecule has 1 aliphatic heterocycles. The maximum atomic E-state index is 6.19. The van der Waals surface area contributed by atoms with Crippen molar-refractivity contribution >= 4 is 0 Å². The summed E-state index contributed by atoms with van der Waals surface area (Å²) in [4.78, 5) is 2.63. The fourth-order valence-electron chi connectivity index (χ4n) is 4.79. The van der Waals surface area contributed by atoms with E-state index in [4.69, 9.17) is 10.5 Å². The normalized spacial score (nSPS) is 40.8. The molecule has 3 nitrogen and oxygen atoms in total. The van der Waals surface area contributed by atoms with Crippen molar-refractivity contribution in [3.05, 3.63) is 0 Å². The van der Waals surface area contributed by atoms with Crippen molar-refractivity contribution in [3.63, 3.8) is 0 Å². The summed E-state index contributed by atoms with van der Waals surface area (Å²) in [6, 6.07) is 0. The van der Waals surface area contributed by atoms with Gasteiger partial charge in [0.15, 0.2) is 0 Å². The van der Waals surface area contributed by atoms with Crippen LogP contribution in [-0.4, -0.2) is 43.8 Å². The van der Waals surface area contributed by atoms with E-state index in [1.807, 2.05) is 0 Å². The molecule has 0 amide bonds. The molecule has 0 radical (unpaired) electrons. The Kier molecular flexibility index (Phi) is 3.65. The van der Waals surface area contributed by atoms with E-state index >= 15 is 0 Å². The summed E-state index contributed by atoms with van der Waals surface area (Å²) in [6.07, 6.45) is 8.14. The van der Waals surface area contributed by atoms with Crippen molar-refractivity contribution in [2.75, 3.05) is 33.4 Å². The molecule has 2 aliphatic carbocycles. The average Bonchev–Trinajstić information content (AvgIpc) is 3.00. The highest BCUT2D eigenvalue weighted by atomic mass is 16.5. The molecular weight excluding hydrogens is 224 g/mol. The Bertz CT molecular complexity index is 290. The first-order chi connectivity index (χ1) is 8.74. The topological polar surface area (TPSA) is 38.5 Å². The molecule has 18 heavy (non-hydrogen) atoms. The van der Waals surface area contributed by atoms with E-state index in [2.05, 4.69) is 11.9 Å². The number of hydrogen-bond donors (Lipinski definition) is 1. The lowest BCUT2D eigenvalue weighted by Gasteiger charge is -2.46. The maximum absolute atomic E-state index is 6.19. The zero-order valence-corrected chi connectivity index (χ0v) is 11.7. The Hall–Kier alpha value is -0.120. The van der Waals surface area contributed by atoms with E-state index in [-0.39, 0.29) is 0 Å². The fraction of sp³-hybridized carbons (Fsp3) is 1.00. The molecule has 3 unspecified atom stereocenters. The van der Waals surface area contributed by atoms with Crippen molar-refractivity contribution in [2.24, 2.45) is 23.5 Å². The van der Waals surface area contributed by atoms with Gasteiger partial charge in [-0.05, 0) is 56.9 Å². The SMILES string of the molecule is CN(CC1CCOCC1)C1(CN)CC2CCC1C2. The molecule has 3 atom stereocenters. The first-order valence-corrected chi connectivity index (χ1v) is 7.73. The maximum Gasteiger partial charge on any atom is 0.0469 e. The van der Waals surface area contributed by atoms with Gasteiger partial charge in [-0.2, -0.15) is 0 Å². The third kappa shape index (κ3) is 2.10. The summed E-state index contributed by atoms with van der Waals surface area (Å²) in [5, 5.41) is 0. The molecule has 2 N–H and O–H groups in total. The van der Waals surface area contributed by atoms with E-state index in [9.17, 15) is 0 Å². The van der Waals surface area contributed by atoms with Crippen molar-refractivity contribution < 1.29 is 4.74 Å². The Morgan fingerprint density at radius 1 is 1.22 bits per heavy atom. The molecule has 3 heteroatoms. The molecule has 104 valence electrons. The Morgan fingerprint density at radius 3 is 2.56 bits per heavy atom. The predicted octanol–water partition coefficient (Wildman–Crippen LogP) is 1.86. The zero-order chi connectivity index (χ0) is 12.6. The van der Waals surface area contributed by atoms with Crippen molar-refractivity contribution in [2.45, 2.75) is 44.1 Å². The van der Waals surface area contributed by atoms with Gasteiger partial charge in [-0.25, -0.2) is 0 Å². The van der Waals surface area contributed by atoms with Crippen LogP contribution in [0.15, 0.2) is 0 Å². The van der Waals surface area contributed by atoms with Crippen LogP contribution >= 0.6 is 0 Å². The summed E-state index contributed by atoms with van der Waals surface area (Å²) in [6.45, 7) is 4.00. The van der Waals surface area contributed by atoms with Gasteiger partial charge in [0.2, 0.25) is 0 Å². The molecule has 2 saturated carbocycles. The molecule has 0 aromatic carbocycles. The van der Waals surface area contributed by atoms with Gasteiger partial charge in [-0.3, -0.25) is 4.90 Å². The molecule has 0 aromatic rings. The van der Waals surface area contributed by atoms with E-state index < -0.39 is 0 Å². The van der Waals surface area contributed by atoms with Gasteiger partial charge in [0.05, 0.1) is 0 Å². The third-order valence-electron chi connectivity index (χ3n) is 5.93. The van der Waals surface area contributed by atoms with Crippen LogP contribution in [0.2, 0.25) is 0 Å². The van der Waals surface area contributed by atoms with Crippen LogP contribution in [0, 0.1) is 17.8 Å². The lowest BCUT2D eigenvalue weighted by molar-refractivity contribution is 0.0152. The number of ether oxygens (including phenoxy) is 1. The van der Waals surface area contributed by atoms with Gasteiger partial charge in [0.25, 0.3) is 0 Å². The Labute approximate surface area is 111 Å². The number of rotatable bonds is 4. The lowest BCUT2D eigenvalue weighted by atomic mass is 9.79. The van der Waals surface area contributed by atoms with Crippen LogP contribution in [0.3, 0.4) is 0 Å². The van der Waals surface area contributed by atoms with Crippen LogP contribution in [0.5, 0.6) is 0 Å². The summed E-state index contributed by atoms with van der Waals surface area (Å²) < 4.78 is 5.46. The van der Waals surface area contributed by atoms with E-state index in [1.165, 1.54) is 45.1 Å². The van der Waals surface area contributed by atoms with Crippen LogP contribution in [-0.2, 0) is 4.74 Å². The van der Waals surface area contributed by atoms with E-state index in [0.717, 1.165) is 37.5 Å². The first-order valence-electron chi connectivity index (χ1n) is 7.73. The summed E-state index contributed by atoms with van der Waals surface area (Å²) in [7, 11) is 2.32. The predicted molar refractivity (Wildman–Crippen MR) is 73.4 cm³/mol. The number of nitrogens with two attached hydrogens (primary N) is 1. The van der Waals surface area contributed by atoms with E-state index in [0.29, 0.717) is 5.54 Å². The number of fused-ring (bicyclic) bond motifs is 2. The van der Waals surface area contributed by atoms with Gasteiger partial charge in [-0.1, -0.05) is 6.42 Å². The minimum absolute atomic E-state index is 0.335. The van der Waals surface area contributed by atoms with Gasteiger partial charge in [0, 0.05) is 31.8 Å². The molecule has 0 spiro atoms. The minimum Gasteiger partial charge on any atom is -0.381 e. The Balaban J connectivity index is 1.64. The van der Waals surface area contributed by atoms with Gasteiger partial charge < -0.3 is 10.5 Å². The monoisotopic (exact) mass is 252 g/mol. The molecule has 3 fully saturated rings. The zero-order valence-electron chi connectivity index (χ0n) is 11.7. The van der Waals surface area contributed by atoms with Gasteiger partial charge >= 0.3 is 0 Å². The molecule has 3 aliphatic rings. The van der Waals surface area contributed by atoms with Crippen LogP contribution in [0.4, 0.5) is 0 Å². The van der Waals surface area contributed by atoms with Gasteiger partial charge in [-0.15, -0.1) is 0 Å². The standard InChI is InChI=1S/C15H28N2O/c1-17(10-12-4-6-18-7-5-12)15(11-16)9-13-2-3-14(15)8-13/h12-14H,2-11,16H2,1H3. The van der Waals surface area contributed by atoms with E-state index in [1.54, 1.807) is 0 Å². The first kappa shape index (κ1) is 12.9. The molecule has 3 rings (SSSR count). The summed E-state index contributed by atoms with van der Waals surface area (Å²) in [5.41, 5.74) is 6.53. The summed E-state index contributed by atoms with van der Waals surface area (Å²) in [5.74, 6) is 2.67. The van der Waals surface area contributed by atoms with Crippen molar-refractivity contribution in [3.8, 4) is 0 Å². The average molecular weight is 252 g/mol. The number of nitrogens with zero attached hydrogens (tertiary/aromatic N) is 1. The molecule has 2 bridgehead atoms. The highest BCUT2D eigenvalue weighted by Crippen LogP contribution is 2.52. The summed E-state index contributed by atoms with van der Waals surface area (Å²) >= 11 is 0. The Morgan fingerprint density at radius 2 is 2.00 bits per heavy atom. The van der Waals surface area contributed by atoms with Crippen LogP contribution in [0.25, 0.3) is 0 Å². The molecule has 1 saturated heterocycles. The van der Waals surface area contributed by atoms with Crippen molar-refractivity contribution in [1.82, 2.24) is 4.90 Å². The van der Waals surface area contributed by atoms with Crippen molar-refractivity contribution in [1.29, 1.82) is 0 Å². The second-order valence-corrected chi connectivity index (χ2v) is 6.82. The van der Waals surface area contributed by atoms with Crippen LogP contribution < -0.4 is 5.73 Å². The third-order valence-corrected chi connectivity index (χ3v) is 5.93. The largest absolute Gasteiger partial charge is 0.381 e. The van der Waals surface area contributed by atoms with Gasteiger partial charge in [0.1, 0.15) is 0 Å². The molecule has 1 heterocycles. The highest BCUT2D eigenvalue weighted by Gasteiger charge is 2.52. The number of hydrogen-bond acceptors (Lipinski definition) is 3. The van der Waals surface area contributed by atoms with Crippen LogP contribution in [0.1, 0.15) is 38.5 Å². The quantitative estimate of drug-likeness (QED) is 0.830. The second kappa shape index (κ2) is 5.10. The smallest absolute Gasteiger partial charge is 0.0469 e. The lowest BCUT2D eigenvalue weighted by Crippen LogP contribution is -2.57. The minimum atomic E-state index is 0.335. The second-order valence-electron chi connectivity index (χ2n) is 6.82. The fourth-order valence-corrected chi connectivity index (χ4v) is 4.79.